The van der Waals surface area contributed by atoms with E-state index in [9.17, 15) is 9.59 Å². The van der Waals surface area contributed by atoms with Crippen molar-refractivity contribution in [3.63, 3.8) is 0 Å². The van der Waals surface area contributed by atoms with Crippen LogP contribution in [0, 0.1) is 5.92 Å². The number of hydrogen-bond donors (Lipinski definition) is 1. The van der Waals surface area contributed by atoms with Crippen molar-refractivity contribution >= 4 is 22.9 Å². The van der Waals surface area contributed by atoms with Crippen LogP contribution in [0.2, 0.25) is 0 Å². The molecule has 5 heteroatoms. The third-order valence-electron chi connectivity index (χ3n) is 3.64. The standard InChI is InChI=1S/C12H20N2O2S/c1-9-4-2-3-5-10(9)13-11(15)8-14-6-7-17-12(14)16/h9-10H,2-8H2,1H3,(H,13,15)/t9-,10+/m1/s1. The van der Waals surface area contributed by atoms with Gasteiger partial charge in [0, 0.05) is 18.3 Å². The van der Waals surface area contributed by atoms with E-state index in [2.05, 4.69) is 12.2 Å². The molecule has 17 heavy (non-hydrogen) atoms. The highest BCUT2D eigenvalue weighted by molar-refractivity contribution is 8.13. The van der Waals surface area contributed by atoms with Crippen molar-refractivity contribution < 1.29 is 9.59 Å². The van der Waals surface area contributed by atoms with Gasteiger partial charge < -0.3 is 10.2 Å². The first kappa shape index (κ1) is 12.7. The molecule has 1 saturated heterocycles. The smallest absolute Gasteiger partial charge is 0.282 e. The number of nitrogens with zero attached hydrogens (tertiary/aromatic N) is 1. The molecule has 1 aliphatic heterocycles. The minimum absolute atomic E-state index is 0.000370. The number of amides is 2. The van der Waals surface area contributed by atoms with Crippen LogP contribution in [0.15, 0.2) is 0 Å². The van der Waals surface area contributed by atoms with Crippen LogP contribution in [0.25, 0.3) is 0 Å². The summed E-state index contributed by atoms with van der Waals surface area (Å²) >= 11 is 1.30. The summed E-state index contributed by atoms with van der Waals surface area (Å²) in [4.78, 5) is 24.9. The van der Waals surface area contributed by atoms with Gasteiger partial charge in [-0.05, 0) is 18.8 Å². The Morgan fingerprint density at radius 2 is 2.24 bits per heavy atom. The van der Waals surface area contributed by atoms with Crippen LogP contribution >= 0.6 is 11.8 Å². The molecule has 1 heterocycles. The quantitative estimate of drug-likeness (QED) is 0.838. The first-order valence-electron chi connectivity index (χ1n) is 6.38. The average Bonchev–Trinajstić information content (AvgIpc) is 2.68. The first-order valence-corrected chi connectivity index (χ1v) is 7.36. The summed E-state index contributed by atoms with van der Waals surface area (Å²) in [5.74, 6) is 1.38. The number of nitrogens with one attached hydrogen (secondary N) is 1. The fourth-order valence-electron chi connectivity index (χ4n) is 2.53. The Hall–Kier alpha value is -0.710. The summed E-state index contributed by atoms with van der Waals surface area (Å²) in [6.45, 7) is 3.13. The Morgan fingerprint density at radius 1 is 1.47 bits per heavy atom. The highest BCUT2D eigenvalue weighted by atomic mass is 32.2. The molecule has 2 fully saturated rings. The maximum atomic E-state index is 11.8. The topological polar surface area (TPSA) is 49.4 Å². The lowest BCUT2D eigenvalue weighted by molar-refractivity contribution is -0.122. The Bertz CT molecular complexity index is 309. The van der Waals surface area contributed by atoms with Gasteiger partial charge >= 0.3 is 0 Å². The van der Waals surface area contributed by atoms with Crippen molar-refractivity contribution in [2.75, 3.05) is 18.8 Å². The molecule has 0 bridgehead atoms. The lowest BCUT2D eigenvalue weighted by Gasteiger charge is -2.30. The van der Waals surface area contributed by atoms with Gasteiger partial charge in [-0.1, -0.05) is 31.5 Å². The Balaban J connectivity index is 1.78. The van der Waals surface area contributed by atoms with Crippen LogP contribution < -0.4 is 5.32 Å². The van der Waals surface area contributed by atoms with E-state index < -0.39 is 0 Å². The highest BCUT2D eigenvalue weighted by Gasteiger charge is 2.26. The summed E-state index contributed by atoms with van der Waals surface area (Å²) in [6, 6.07) is 0.307. The molecule has 1 saturated carbocycles. The van der Waals surface area contributed by atoms with Crippen molar-refractivity contribution in [3.05, 3.63) is 0 Å². The molecule has 4 nitrogen and oxygen atoms in total. The molecule has 2 rings (SSSR count). The minimum Gasteiger partial charge on any atom is -0.352 e. The van der Waals surface area contributed by atoms with E-state index in [-0.39, 0.29) is 17.7 Å². The van der Waals surface area contributed by atoms with Crippen molar-refractivity contribution in [2.45, 2.75) is 38.6 Å². The van der Waals surface area contributed by atoms with Gasteiger partial charge in [-0.15, -0.1) is 0 Å². The predicted molar refractivity (Wildman–Crippen MR) is 69.0 cm³/mol. The van der Waals surface area contributed by atoms with Gasteiger partial charge in [0.15, 0.2) is 0 Å². The SMILES string of the molecule is C[C@@H]1CCCC[C@@H]1NC(=O)CN1CCSC1=O. The predicted octanol–water partition coefficient (Wildman–Crippen LogP) is 1.85. The van der Waals surface area contributed by atoms with Gasteiger partial charge in [0.05, 0.1) is 0 Å². The largest absolute Gasteiger partial charge is 0.352 e. The summed E-state index contributed by atoms with van der Waals surface area (Å²) in [7, 11) is 0. The van der Waals surface area contributed by atoms with Gasteiger partial charge in [-0.2, -0.15) is 0 Å². The second kappa shape index (κ2) is 5.76. The molecule has 1 N–H and O–H groups in total. The van der Waals surface area contributed by atoms with Gasteiger partial charge in [-0.3, -0.25) is 9.59 Å². The van der Waals surface area contributed by atoms with Crippen LogP contribution in [0.3, 0.4) is 0 Å². The second-order valence-electron chi connectivity index (χ2n) is 4.97. The highest BCUT2D eigenvalue weighted by Crippen LogP contribution is 2.23. The molecule has 2 amide bonds. The summed E-state index contributed by atoms with van der Waals surface area (Å²) in [5, 5.41) is 3.11. The maximum Gasteiger partial charge on any atom is 0.282 e. The fourth-order valence-corrected chi connectivity index (χ4v) is 3.35. The van der Waals surface area contributed by atoms with E-state index in [1.165, 1.54) is 31.0 Å². The molecule has 2 aliphatic rings. The fraction of sp³-hybridized carbons (Fsp3) is 0.833. The zero-order chi connectivity index (χ0) is 12.3. The van der Waals surface area contributed by atoms with E-state index in [0.717, 1.165) is 12.2 Å². The number of rotatable bonds is 3. The molecule has 0 aromatic heterocycles. The zero-order valence-electron chi connectivity index (χ0n) is 10.3. The van der Waals surface area contributed by atoms with Crippen LogP contribution in [-0.4, -0.2) is 40.9 Å². The second-order valence-corrected chi connectivity index (χ2v) is 6.02. The van der Waals surface area contributed by atoms with E-state index in [1.807, 2.05) is 0 Å². The molecular formula is C12H20N2O2S. The molecule has 0 aromatic rings. The molecule has 2 atom stereocenters. The van der Waals surface area contributed by atoms with Crippen molar-refractivity contribution in [3.8, 4) is 0 Å². The molecule has 96 valence electrons. The van der Waals surface area contributed by atoms with Crippen molar-refractivity contribution in [1.29, 1.82) is 0 Å². The average molecular weight is 256 g/mol. The minimum atomic E-state index is -0.000370. The van der Waals surface area contributed by atoms with Gasteiger partial charge in [0.25, 0.3) is 5.24 Å². The number of thioether (sulfide) groups is 1. The Labute approximate surface area is 106 Å². The van der Waals surface area contributed by atoms with E-state index in [1.54, 1.807) is 4.90 Å². The number of hydrogen-bond acceptors (Lipinski definition) is 3. The van der Waals surface area contributed by atoms with Gasteiger partial charge in [0.1, 0.15) is 6.54 Å². The molecule has 1 aliphatic carbocycles. The summed E-state index contributed by atoms with van der Waals surface area (Å²) < 4.78 is 0. The molecule has 0 aromatic carbocycles. The number of carbonyl (C=O) groups is 2. The Morgan fingerprint density at radius 3 is 2.88 bits per heavy atom. The van der Waals surface area contributed by atoms with Crippen LogP contribution in [0.5, 0.6) is 0 Å². The van der Waals surface area contributed by atoms with E-state index in [0.29, 0.717) is 18.5 Å². The molecule has 0 radical (unpaired) electrons. The van der Waals surface area contributed by atoms with Crippen LogP contribution in [0.1, 0.15) is 32.6 Å². The van der Waals surface area contributed by atoms with Gasteiger partial charge in [0.2, 0.25) is 5.91 Å². The number of carbonyl (C=O) groups excluding carboxylic acids is 2. The maximum absolute atomic E-state index is 11.8. The van der Waals surface area contributed by atoms with E-state index >= 15 is 0 Å². The molecule has 0 spiro atoms. The summed E-state index contributed by atoms with van der Waals surface area (Å²) in [5.41, 5.74) is 0. The lowest BCUT2D eigenvalue weighted by Crippen LogP contribution is -2.45. The lowest BCUT2D eigenvalue weighted by atomic mass is 9.86. The van der Waals surface area contributed by atoms with Crippen LogP contribution in [-0.2, 0) is 4.79 Å². The Kier molecular flexibility index (Phi) is 4.31. The first-order chi connectivity index (χ1) is 8.16. The van der Waals surface area contributed by atoms with Crippen molar-refractivity contribution in [1.82, 2.24) is 10.2 Å². The zero-order valence-corrected chi connectivity index (χ0v) is 11.1. The molecular weight excluding hydrogens is 236 g/mol. The normalized spacial score (nSPS) is 29.5. The monoisotopic (exact) mass is 256 g/mol. The third kappa shape index (κ3) is 3.37. The van der Waals surface area contributed by atoms with Crippen LogP contribution in [0.4, 0.5) is 4.79 Å². The van der Waals surface area contributed by atoms with Gasteiger partial charge in [-0.25, -0.2) is 0 Å². The third-order valence-corrected chi connectivity index (χ3v) is 4.53. The van der Waals surface area contributed by atoms with Crippen molar-refractivity contribution in [2.24, 2.45) is 5.92 Å². The van der Waals surface area contributed by atoms with E-state index in [4.69, 9.17) is 0 Å². The summed E-state index contributed by atoms with van der Waals surface area (Å²) in [6.07, 6.45) is 4.75. The molecule has 0 unspecified atom stereocenters.